The van der Waals surface area contributed by atoms with Gasteiger partial charge in [-0.2, -0.15) is 0 Å². The second-order valence-electron chi connectivity index (χ2n) is 5.60. The minimum Gasteiger partial charge on any atom is -0.493 e. The molecule has 0 aliphatic carbocycles. The van der Waals surface area contributed by atoms with Crippen molar-refractivity contribution in [2.24, 2.45) is 0 Å². The average Bonchev–Trinajstić information content (AvgIpc) is 2.70. The van der Waals surface area contributed by atoms with Gasteiger partial charge in [0.25, 0.3) is 0 Å². The van der Waals surface area contributed by atoms with E-state index in [9.17, 15) is 0 Å². The van der Waals surface area contributed by atoms with Crippen molar-refractivity contribution in [2.45, 2.75) is 6.29 Å². The molecular weight excluding hydrogens is 336 g/mol. The van der Waals surface area contributed by atoms with E-state index in [2.05, 4.69) is 4.98 Å². The Morgan fingerprint density at radius 3 is 1.92 bits per heavy atom. The van der Waals surface area contributed by atoms with E-state index in [1.165, 1.54) is 0 Å². The lowest BCUT2D eigenvalue weighted by Gasteiger charge is -2.23. The Labute approximate surface area is 154 Å². The second-order valence-corrected chi connectivity index (χ2v) is 5.60. The molecule has 0 atom stereocenters. The maximum atomic E-state index is 5.41. The van der Waals surface area contributed by atoms with Gasteiger partial charge in [0.05, 0.1) is 27.9 Å². The van der Waals surface area contributed by atoms with Crippen molar-refractivity contribution in [3.63, 3.8) is 0 Å². The molecule has 0 amide bonds. The Morgan fingerprint density at radius 2 is 1.50 bits per heavy atom. The van der Waals surface area contributed by atoms with Gasteiger partial charge in [-0.15, -0.1) is 0 Å². The Kier molecular flexibility index (Phi) is 7.06. The van der Waals surface area contributed by atoms with Crippen molar-refractivity contribution < 1.29 is 23.7 Å². The summed E-state index contributed by atoms with van der Waals surface area (Å²) in [7, 11) is 9.94. The number of hydrogen-bond donors (Lipinski definition) is 0. The van der Waals surface area contributed by atoms with E-state index in [-0.39, 0.29) is 6.29 Å². The number of pyridine rings is 1. The fraction of sp³-hybridized carbons (Fsp3) is 0.421. The molecule has 0 unspecified atom stereocenters. The SMILES string of the molecule is COc1cc(-c2ccc(N(C)CC(OC)OC)nc2)cc(OC)c1OC. The zero-order valence-electron chi connectivity index (χ0n) is 16.1. The standard InChI is InChI=1S/C19H26N2O5/c1-21(12-18(24-4)25-5)17-8-7-13(11-20-17)14-9-15(22-2)19(26-6)16(10-14)23-3/h7-11,18H,12H2,1-6H3. The van der Waals surface area contributed by atoms with E-state index in [1.807, 2.05) is 36.2 Å². The summed E-state index contributed by atoms with van der Waals surface area (Å²) in [5.41, 5.74) is 1.87. The van der Waals surface area contributed by atoms with E-state index in [0.717, 1.165) is 16.9 Å². The van der Waals surface area contributed by atoms with Crippen LogP contribution in [0.4, 0.5) is 5.82 Å². The highest BCUT2D eigenvalue weighted by Crippen LogP contribution is 2.41. The first kappa shape index (κ1) is 19.8. The predicted octanol–water partition coefficient (Wildman–Crippen LogP) is 2.83. The van der Waals surface area contributed by atoms with Crippen molar-refractivity contribution in [3.05, 3.63) is 30.5 Å². The van der Waals surface area contributed by atoms with Crippen molar-refractivity contribution in [1.29, 1.82) is 0 Å². The van der Waals surface area contributed by atoms with E-state index in [0.29, 0.717) is 23.8 Å². The Hall–Kier alpha value is -2.51. The third-order valence-corrected chi connectivity index (χ3v) is 4.09. The summed E-state index contributed by atoms with van der Waals surface area (Å²) in [4.78, 5) is 6.50. The minimum absolute atomic E-state index is 0.309. The molecule has 0 spiro atoms. The fourth-order valence-corrected chi connectivity index (χ4v) is 2.59. The number of rotatable bonds is 9. The molecule has 7 heteroatoms. The van der Waals surface area contributed by atoms with Gasteiger partial charge < -0.3 is 28.6 Å². The summed E-state index contributed by atoms with van der Waals surface area (Å²) >= 11 is 0. The molecule has 142 valence electrons. The first-order valence-corrected chi connectivity index (χ1v) is 8.11. The zero-order valence-corrected chi connectivity index (χ0v) is 16.1. The van der Waals surface area contributed by atoms with Crippen LogP contribution in [0.3, 0.4) is 0 Å². The number of likely N-dealkylation sites (N-methyl/N-ethyl adjacent to an activating group) is 1. The molecule has 0 saturated heterocycles. The lowest BCUT2D eigenvalue weighted by atomic mass is 10.1. The summed E-state index contributed by atoms with van der Waals surface area (Å²) in [5, 5.41) is 0. The summed E-state index contributed by atoms with van der Waals surface area (Å²) in [6, 6.07) is 7.73. The van der Waals surface area contributed by atoms with Gasteiger partial charge in [0, 0.05) is 33.0 Å². The molecule has 0 bridgehead atoms. The molecule has 1 heterocycles. The summed E-state index contributed by atoms with van der Waals surface area (Å²) in [6.45, 7) is 0.573. The Morgan fingerprint density at radius 1 is 0.885 bits per heavy atom. The largest absolute Gasteiger partial charge is 0.493 e. The summed E-state index contributed by atoms with van der Waals surface area (Å²) < 4.78 is 26.6. The van der Waals surface area contributed by atoms with E-state index in [4.69, 9.17) is 23.7 Å². The van der Waals surface area contributed by atoms with Gasteiger partial charge in [0.1, 0.15) is 5.82 Å². The van der Waals surface area contributed by atoms with Crippen LogP contribution in [0.15, 0.2) is 30.5 Å². The number of methoxy groups -OCH3 is 5. The van der Waals surface area contributed by atoms with Crippen LogP contribution in [0.25, 0.3) is 11.1 Å². The quantitative estimate of drug-likeness (QED) is 0.636. The van der Waals surface area contributed by atoms with E-state index >= 15 is 0 Å². The number of nitrogens with zero attached hydrogens (tertiary/aromatic N) is 2. The van der Waals surface area contributed by atoms with Gasteiger partial charge in [0.2, 0.25) is 5.75 Å². The molecule has 0 radical (unpaired) electrons. The number of aromatic nitrogens is 1. The van der Waals surface area contributed by atoms with Crippen molar-refractivity contribution in [2.75, 3.05) is 54.0 Å². The maximum absolute atomic E-state index is 5.41. The molecule has 0 aliphatic heterocycles. The predicted molar refractivity (Wildman–Crippen MR) is 100 cm³/mol. The topological polar surface area (TPSA) is 62.3 Å². The molecule has 0 N–H and O–H groups in total. The normalized spacial score (nSPS) is 10.7. The lowest BCUT2D eigenvalue weighted by Crippen LogP contribution is -2.32. The lowest BCUT2D eigenvalue weighted by molar-refractivity contribution is -0.0944. The van der Waals surface area contributed by atoms with Gasteiger partial charge in [-0.25, -0.2) is 4.98 Å². The first-order chi connectivity index (χ1) is 12.6. The van der Waals surface area contributed by atoms with E-state index in [1.54, 1.807) is 41.7 Å². The van der Waals surface area contributed by atoms with Crippen LogP contribution in [0, 0.1) is 0 Å². The van der Waals surface area contributed by atoms with Crippen LogP contribution >= 0.6 is 0 Å². The summed E-state index contributed by atoms with van der Waals surface area (Å²) in [5.74, 6) is 2.59. The summed E-state index contributed by atoms with van der Waals surface area (Å²) in [6.07, 6.45) is 1.50. The maximum Gasteiger partial charge on any atom is 0.203 e. The van der Waals surface area contributed by atoms with Gasteiger partial charge >= 0.3 is 0 Å². The van der Waals surface area contributed by atoms with Crippen LogP contribution in [0.1, 0.15) is 0 Å². The van der Waals surface area contributed by atoms with Crippen molar-refractivity contribution in [3.8, 4) is 28.4 Å². The number of ether oxygens (including phenoxy) is 5. The van der Waals surface area contributed by atoms with Crippen LogP contribution in [-0.2, 0) is 9.47 Å². The van der Waals surface area contributed by atoms with Gasteiger partial charge in [-0.3, -0.25) is 0 Å². The van der Waals surface area contributed by atoms with Gasteiger partial charge in [-0.1, -0.05) is 0 Å². The average molecular weight is 362 g/mol. The molecule has 26 heavy (non-hydrogen) atoms. The zero-order chi connectivity index (χ0) is 19.1. The monoisotopic (exact) mass is 362 g/mol. The van der Waals surface area contributed by atoms with Crippen LogP contribution in [0.5, 0.6) is 17.2 Å². The molecule has 0 fully saturated rings. The molecule has 7 nitrogen and oxygen atoms in total. The van der Waals surface area contributed by atoms with Crippen LogP contribution in [0.2, 0.25) is 0 Å². The second kappa shape index (κ2) is 9.26. The van der Waals surface area contributed by atoms with Crippen molar-refractivity contribution in [1.82, 2.24) is 4.98 Å². The molecule has 0 aliphatic rings. The van der Waals surface area contributed by atoms with Crippen LogP contribution < -0.4 is 19.1 Å². The highest BCUT2D eigenvalue weighted by molar-refractivity contribution is 5.71. The highest BCUT2D eigenvalue weighted by Gasteiger charge is 2.15. The molecule has 1 aromatic carbocycles. The molecular formula is C19H26N2O5. The molecule has 2 aromatic rings. The third-order valence-electron chi connectivity index (χ3n) is 4.09. The fourth-order valence-electron chi connectivity index (χ4n) is 2.59. The Bertz CT molecular complexity index is 677. The third kappa shape index (κ3) is 4.36. The van der Waals surface area contributed by atoms with Gasteiger partial charge in [-0.05, 0) is 29.8 Å². The Balaban J connectivity index is 2.28. The number of hydrogen-bond acceptors (Lipinski definition) is 7. The van der Waals surface area contributed by atoms with E-state index < -0.39 is 0 Å². The number of anilines is 1. The molecule has 1 aromatic heterocycles. The van der Waals surface area contributed by atoms with Gasteiger partial charge in [0.15, 0.2) is 17.8 Å². The minimum atomic E-state index is -0.309. The molecule has 2 rings (SSSR count). The number of benzene rings is 1. The first-order valence-electron chi connectivity index (χ1n) is 8.11. The van der Waals surface area contributed by atoms with Crippen molar-refractivity contribution >= 4 is 5.82 Å². The van der Waals surface area contributed by atoms with Crippen LogP contribution in [-0.4, -0.2) is 60.4 Å². The smallest absolute Gasteiger partial charge is 0.203 e. The highest BCUT2D eigenvalue weighted by atomic mass is 16.7. The molecule has 0 saturated carbocycles.